The molecule has 7 heteroatoms. The fourth-order valence-corrected chi connectivity index (χ4v) is 4.21. The van der Waals surface area contributed by atoms with E-state index in [1.807, 2.05) is 83.1 Å². The van der Waals surface area contributed by atoms with Gasteiger partial charge in [0.2, 0.25) is 11.8 Å². The van der Waals surface area contributed by atoms with Gasteiger partial charge in [0.1, 0.15) is 17.7 Å². The van der Waals surface area contributed by atoms with Gasteiger partial charge in [-0.1, -0.05) is 62.4 Å². The van der Waals surface area contributed by atoms with Crippen LogP contribution in [0.2, 0.25) is 0 Å². The highest BCUT2D eigenvalue weighted by atomic mass is 16.6. The fourth-order valence-electron chi connectivity index (χ4n) is 4.21. The number of nitrogens with one attached hydrogen (secondary N) is 2. The first-order valence-corrected chi connectivity index (χ1v) is 13.0. The van der Waals surface area contributed by atoms with Crippen LogP contribution in [0.25, 0.3) is 0 Å². The molecular formula is C30H43N3O4. The highest BCUT2D eigenvalue weighted by Crippen LogP contribution is 2.28. The van der Waals surface area contributed by atoms with Gasteiger partial charge < -0.3 is 20.3 Å². The molecule has 0 bridgehead atoms. The van der Waals surface area contributed by atoms with Crippen molar-refractivity contribution in [2.45, 2.75) is 86.0 Å². The predicted molar refractivity (Wildman–Crippen MR) is 147 cm³/mol. The van der Waals surface area contributed by atoms with Gasteiger partial charge in [0.15, 0.2) is 0 Å². The molecule has 0 heterocycles. The van der Waals surface area contributed by atoms with Crippen LogP contribution in [0.5, 0.6) is 0 Å². The monoisotopic (exact) mass is 509 g/mol. The van der Waals surface area contributed by atoms with E-state index in [9.17, 15) is 14.4 Å². The zero-order chi connectivity index (χ0) is 27.8. The zero-order valence-electron chi connectivity index (χ0n) is 23.6. The molecule has 0 spiro atoms. The molecule has 7 nitrogen and oxygen atoms in total. The van der Waals surface area contributed by atoms with Crippen LogP contribution in [0.1, 0.15) is 76.3 Å². The summed E-state index contributed by atoms with van der Waals surface area (Å²) in [6.07, 6.45) is -0.237. The normalized spacial score (nSPS) is 13.0. The zero-order valence-corrected chi connectivity index (χ0v) is 23.6. The molecule has 0 fully saturated rings. The summed E-state index contributed by atoms with van der Waals surface area (Å²) in [5.74, 6) is -0.454. The molecule has 0 aliphatic heterocycles. The smallest absolute Gasteiger partial charge is 0.408 e. The van der Waals surface area contributed by atoms with Gasteiger partial charge in [0.05, 0.1) is 0 Å². The number of benzene rings is 2. The Morgan fingerprint density at radius 2 is 1.62 bits per heavy atom. The lowest BCUT2D eigenvalue weighted by atomic mass is 9.94. The Morgan fingerprint density at radius 3 is 2.19 bits per heavy atom. The number of carbonyl (C=O) groups is 3. The van der Waals surface area contributed by atoms with Crippen molar-refractivity contribution in [2.24, 2.45) is 5.92 Å². The standard InChI is InChI=1S/C30H43N3O4/c1-9-33(28(35)25(18-20(2)3)32-29(36)37-30(6,7)8)26(24-17-13-14-21(4)22(24)5)27(34)31-19-23-15-11-10-12-16-23/h10-17,20,25-26H,9,18-19H2,1-8H3,(H,31,34)(H,32,36). The fraction of sp³-hybridized carbons (Fsp3) is 0.500. The SMILES string of the molecule is CCN(C(=O)C(CC(C)C)NC(=O)OC(C)(C)C)C(C(=O)NCc1ccccc1)c1cccc(C)c1C. The molecule has 0 aliphatic carbocycles. The second-order valence-electron chi connectivity index (χ2n) is 10.8. The lowest BCUT2D eigenvalue weighted by Crippen LogP contribution is -2.53. The van der Waals surface area contributed by atoms with Crippen molar-refractivity contribution in [1.29, 1.82) is 0 Å². The molecule has 3 amide bonds. The number of hydrogen-bond donors (Lipinski definition) is 2. The van der Waals surface area contributed by atoms with Crippen molar-refractivity contribution >= 4 is 17.9 Å². The van der Waals surface area contributed by atoms with Crippen LogP contribution in [0, 0.1) is 19.8 Å². The number of ether oxygens (including phenoxy) is 1. The maximum absolute atomic E-state index is 14.0. The number of aryl methyl sites for hydroxylation is 1. The predicted octanol–water partition coefficient (Wildman–Crippen LogP) is 5.45. The maximum atomic E-state index is 14.0. The lowest BCUT2D eigenvalue weighted by molar-refractivity contribution is -0.142. The van der Waals surface area contributed by atoms with E-state index in [1.165, 1.54) is 0 Å². The molecule has 2 aromatic carbocycles. The molecule has 0 saturated heterocycles. The van der Waals surface area contributed by atoms with Gasteiger partial charge in [-0.05, 0) is 76.1 Å². The number of rotatable bonds is 10. The van der Waals surface area contributed by atoms with Crippen molar-refractivity contribution in [3.63, 3.8) is 0 Å². The van der Waals surface area contributed by atoms with Gasteiger partial charge >= 0.3 is 6.09 Å². The minimum atomic E-state index is -0.851. The Labute approximate surface area is 222 Å². The van der Waals surface area contributed by atoms with E-state index in [2.05, 4.69) is 10.6 Å². The molecule has 2 rings (SSSR count). The molecule has 0 radical (unpaired) electrons. The molecule has 0 aromatic heterocycles. The van der Waals surface area contributed by atoms with Gasteiger partial charge in [-0.2, -0.15) is 0 Å². The van der Waals surface area contributed by atoms with Crippen molar-refractivity contribution in [3.05, 3.63) is 70.8 Å². The Bertz CT molecular complexity index is 1060. The average molecular weight is 510 g/mol. The van der Waals surface area contributed by atoms with E-state index in [4.69, 9.17) is 4.74 Å². The molecule has 2 unspecified atom stereocenters. The number of alkyl carbamates (subject to hydrolysis) is 1. The molecule has 0 aliphatic rings. The van der Waals surface area contributed by atoms with E-state index in [0.29, 0.717) is 19.5 Å². The topological polar surface area (TPSA) is 87.7 Å². The average Bonchev–Trinajstić information content (AvgIpc) is 2.81. The minimum absolute atomic E-state index is 0.133. The summed E-state index contributed by atoms with van der Waals surface area (Å²) < 4.78 is 5.43. The van der Waals surface area contributed by atoms with Gasteiger partial charge in [0, 0.05) is 13.1 Å². The molecule has 2 atom stereocenters. The first-order chi connectivity index (χ1) is 17.3. The molecule has 202 valence electrons. The summed E-state index contributed by atoms with van der Waals surface area (Å²) in [4.78, 5) is 41.9. The van der Waals surface area contributed by atoms with E-state index >= 15 is 0 Å². The van der Waals surface area contributed by atoms with Crippen molar-refractivity contribution in [2.75, 3.05) is 6.54 Å². The Hall–Kier alpha value is -3.35. The quantitative estimate of drug-likeness (QED) is 0.446. The largest absolute Gasteiger partial charge is 0.444 e. The minimum Gasteiger partial charge on any atom is -0.444 e. The van der Waals surface area contributed by atoms with Crippen LogP contribution in [0.4, 0.5) is 4.79 Å². The second-order valence-corrected chi connectivity index (χ2v) is 10.8. The van der Waals surface area contributed by atoms with E-state index in [1.54, 1.807) is 25.7 Å². The van der Waals surface area contributed by atoms with Gasteiger partial charge in [-0.3, -0.25) is 9.59 Å². The van der Waals surface area contributed by atoms with Crippen LogP contribution in [0.15, 0.2) is 48.5 Å². The highest BCUT2D eigenvalue weighted by Gasteiger charge is 2.36. The van der Waals surface area contributed by atoms with Crippen LogP contribution < -0.4 is 10.6 Å². The molecule has 0 saturated carbocycles. The third-order valence-electron chi connectivity index (χ3n) is 6.13. The summed E-state index contributed by atoms with van der Waals surface area (Å²) in [6.45, 7) is 15.7. The Kier molecular flexibility index (Phi) is 10.7. The van der Waals surface area contributed by atoms with Crippen molar-refractivity contribution in [1.82, 2.24) is 15.5 Å². The summed E-state index contributed by atoms with van der Waals surface area (Å²) in [7, 11) is 0. The Balaban J connectivity index is 2.43. The van der Waals surface area contributed by atoms with Crippen molar-refractivity contribution in [3.8, 4) is 0 Å². The number of amides is 3. The summed E-state index contributed by atoms with van der Waals surface area (Å²) >= 11 is 0. The highest BCUT2D eigenvalue weighted by molar-refractivity contribution is 5.92. The molecule has 2 aromatic rings. The van der Waals surface area contributed by atoms with Crippen LogP contribution in [0.3, 0.4) is 0 Å². The van der Waals surface area contributed by atoms with Gasteiger partial charge in [-0.15, -0.1) is 0 Å². The van der Waals surface area contributed by atoms with Gasteiger partial charge in [0.25, 0.3) is 0 Å². The van der Waals surface area contributed by atoms with Crippen LogP contribution in [-0.2, 0) is 20.9 Å². The second kappa shape index (κ2) is 13.3. The summed E-state index contributed by atoms with van der Waals surface area (Å²) in [5, 5.41) is 5.79. The van der Waals surface area contributed by atoms with Crippen LogP contribution >= 0.6 is 0 Å². The maximum Gasteiger partial charge on any atom is 0.408 e. The first kappa shape index (κ1) is 29.9. The van der Waals surface area contributed by atoms with Crippen molar-refractivity contribution < 1.29 is 19.1 Å². The van der Waals surface area contributed by atoms with Gasteiger partial charge in [-0.25, -0.2) is 4.79 Å². The number of hydrogen-bond acceptors (Lipinski definition) is 4. The van der Waals surface area contributed by atoms with E-state index in [0.717, 1.165) is 22.3 Å². The molecule has 37 heavy (non-hydrogen) atoms. The third kappa shape index (κ3) is 8.92. The van der Waals surface area contributed by atoms with Crippen LogP contribution in [-0.4, -0.2) is 41.0 Å². The number of carbonyl (C=O) groups excluding carboxylic acids is 3. The Morgan fingerprint density at radius 1 is 0.973 bits per heavy atom. The summed E-state index contributed by atoms with van der Waals surface area (Å²) in [6, 6.07) is 13.8. The van der Waals surface area contributed by atoms with E-state index in [-0.39, 0.29) is 17.7 Å². The van der Waals surface area contributed by atoms with E-state index < -0.39 is 23.8 Å². The first-order valence-electron chi connectivity index (χ1n) is 13.0. The number of nitrogens with zero attached hydrogens (tertiary/aromatic N) is 1. The lowest BCUT2D eigenvalue weighted by Gasteiger charge is -2.35. The molecular weight excluding hydrogens is 466 g/mol. The molecule has 2 N–H and O–H groups in total. The third-order valence-corrected chi connectivity index (χ3v) is 6.13. The number of likely N-dealkylation sites (N-methyl/N-ethyl adjacent to an activating group) is 1. The summed E-state index contributed by atoms with van der Waals surface area (Å²) in [5.41, 5.74) is 3.02.